The van der Waals surface area contributed by atoms with Gasteiger partial charge in [0, 0.05) is 0 Å². The lowest BCUT2D eigenvalue weighted by atomic mass is 9.94. The van der Waals surface area contributed by atoms with E-state index in [9.17, 15) is 55.6 Å². The van der Waals surface area contributed by atoms with Crippen LogP contribution in [-0.4, -0.2) is 145 Å². The lowest BCUT2D eigenvalue weighted by Crippen LogP contribution is -2.47. The molecule has 0 aromatic rings. The summed E-state index contributed by atoms with van der Waals surface area (Å²) in [4.78, 5) is 96.4. The van der Waals surface area contributed by atoms with Crippen LogP contribution in [0.25, 0.3) is 0 Å². The van der Waals surface area contributed by atoms with E-state index in [4.69, 9.17) is 48.6 Å². The fourth-order valence-corrected chi connectivity index (χ4v) is 6.43. The number of alkyl carbamates (subject to hydrolysis) is 2. The average molecular weight is 1120 g/mol. The van der Waals surface area contributed by atoms with Crippen LogP contribution in [0, 0.1) is 17.8 Å². The molecule has 0 aromatic heterocycles. The Bertz CT molecular complexity index is 1940. The van der Waals surface area contributed by atoms with E-state index >= 15 is 0 Å². The van der Waals surface area contributed by atoms with Crippen molar-refractivity contribution in [3.63, 3.8) is 0 Å². The van der Waals surface area contributed by atoms with Crippen molar-refractivity contribution >= 4 is 58.1 Å². The topological polar surface area (TPSA) is 326 Å². The number of hydrogen-bond donors (Lipinski definition) is 5. The highest BCUT2D eigenvalue weighted by atomic mass is 32.2. The molecule has 0 saturated carbocycles. The van der Waals surface area contributed by atoms with Crippen molar-refractivity contribution in [1.82, 2.24) is 10.6 Å². The van der Waals surface area contributed by atoms with E-state index < -0.39 is 141 Å². The first-order valence-corrected chi connectivity index (χ1v) is 26.9. The molecule has 0 aliphatic rings. The number of halogens is 2. The highest BCUT2D eigenvalue weighted by molar-refractivity contribution is 7.85. The van der Waals surface area contributed by atoms with Gasteiger partial charge in [0.25, 0.3) is 10.1 Å². The Balaban J connectivity index is -0.00000113. The molecule has 2 amide bonds. The Morgan fingerprint density at radius 1 is 0.461 bits per heavy atom. The molecule has 0 unspecified atom stereocenters. The van der Waals surface area contributed by atoms with Crippen LogP contribution >= 0.6 is 0 Å². The van der Waals surface area contributed by atoms with Gasteiger partial charge in [-0.15, -0.1) is 0 Å². The third-order valence-corrected chi connectivity index (χ3v) is 9.45. The van der Waals surface area contributed by atoms with Crippen LogP contribution in [0.15, 0.2) is 0 Å². The second-order valence-electron chi connectivity index (χ2n) is 23.9. The number of alkyl halides is 2. The normalized spacial score (nSPS) is 14.7. The second-order valence-corrected chi connectivity index (χ2v) is 25.6. The van der Waals surface area contributed by atoms with Crippen LogP contribution in [0.2, 0.25) is 0 Å². The number of hydrogen-bond acceptors (Lipinski definition) is 18. The first-order chi connectivity index (χ1) is 34.0. The number of carboxylic acid groups (broad SMARTS) is 2. The summed E-state index contributed by atoms with van der Waals surface area (Å²) in [6.45, 7) is 29.2. The van der Waals surface area contributed by atoms with Gasteiger partial charge in [0.2, 0.25) is 0 Å². The third kappa shape index (κ3) is 44.2. The molecular formula is C51H93F2N3O19S. The molecule has 0 fully saturated rings. The number of rotatable bonds is 25. The zero-order chi connectivity index (χ0) is 60.4. The van der Waals surface area contributed by atoms with E-state index in [2.05, 4.69) is 10.6 Å². The Morgan fingerprint density at radius 3 is 1.01 bits per heavy atom. The molecule has 25 heteroatoms. The van der Waals surface area contributed by atoms with Gasteiger partial charge in [-0.05, 0) is 182 Å². The number of aliphatic carboxylic acids is 2. The zero-order valence-electron chi connectivity index (χ0n) is 48.5. The SMILES string of the molecule is CC(C)(C)OC(=O)N[C@@H](C[C@H](CCCOS(C)(=O)=O)C(=O)OC(C)(C)C)C(=O)OC(C)(C)C.CC(C)(C)OC(=O)N[C@@H](C[C@H](CCC[18F])C(=O)OC(C)(C)C)C(=O)OC(C)(C)C.N[C@@H](C[C@H](CCC[18F])C(=O)O)C(=O)O. The van der Waals surface area contributed by atoms with Crippen LogP contribution in [-0.2, 0) is 71.5 Å². The molecule has 0 bridgehead atoms. The number of amides is 2. The summed E-state index contributed by atoms with van der Waals surface area (Å²) in [7, 11) is -3.63. The monoisotopic (exact) mass is 1120 g/mol. The molecular weight excluding hydrogens is 1030 g/mol. The molecule has 6 atom stereocenters. The quantitative estimate of drug-likeness (QED) is 0.0251. The van der Waals surface area contributed by atoms with Crippen molar-refractivity contribution in [3.05, 3.63) is 0 Å². The second kappa shape index (κ2) is 33.4. The van der Waals surface area contributed by atoms with E-state index in [0.29, 0.717) is 0 Å². The molecule has 0 rings (SSSR count). The number of nitrogens with one attached hydrogen (secondary N) is 2. The van der Waals surface area contributed by atoms with Gasteiger partial charge < -0.3 is 55.0 Å². The number of nitrogens with two attached hydrogens (primary N) is 1. The highest BCUT2D eigenvalue weighted by Gasteiger charge is 2.37. The average Bonchev–Trinajstić information content (AvgIpc) is 3.17. The van der Waals surface area contributed by atoms with Crippen LogP contribution in [0.4, 0.5) is 18.4 Å². The van der Waals surface area contributed by atoms with Gasteiger partial charge in [0.15, 0.2) is 0 Å². The lowest BCUT2D eigenvalue weighted by molar-refractivity contribution is -0.165. The van der Waals surface area contributed by atoms with Crippen molar-refractivity contribution in [2.75, 3.05) is 26.2 Å². The Morgan fingerprint density at radius 2 is 0.750 bits per heavy atom. The molecule has 0 aliphatic carbocycles. The van der Waals surface area contributed by atoms with Gasteiger partial charge in [-0.1, -0.05) is 0 Å². The van der Waals surface area contributed by atoms with Gasteiger partial charge in [0.1, 0.15) is 51.7 Å². The number of esters is 4. The molecule has 0 saturated heterocycles. The van der Waals surface area contributed by atoms with Gasteiger partial charge >= 0.3 is 48.0 Å². The number of ether oxygens (including phenoxy) is 6. The first kappa shape index (κ1) is 75.3. The third-order valence-electron chi connectivity index (χ3n) is 8.86. The van der Waals surface area contributed by atoms with Gasteiger partial charge in [-0.3, -0.25) is 32.1 Å². The fraction of sp³-hybridized carbons (Fsp3) is 0.843. The van der Waals surface area contributed by atoms with E-state index in [0.717, 1.165) is 6.26 Å². The summed E-state index contributed by atoms with van der Waals surface area (Å²) >= 11 is 0. The highest BCUT2D eigenvalue weighted by Crippen LogP contribution is 2.25. The molecule has 76 heavy (non-hydrogen) atoms. The Kier molecular flexibility index (Phi) is 33.1. The number of carbonyl (C=O) groups is 8. The Labute approximate surface area is 449 Å². The molecule has 0 aliphatic heterocycles. The summed E-state index contributed by atoms with van der Waals surface area (Å²) in [5.74, 6) is -7.42. The van der Waals surface area contributed by atoms with Crippen molar-refractivity contribution in [2.24, 2.45) is 23.5 Å². The van der Waals surface area contributed by atoms with E-state index in [-0.39, 0.29) is 64.4 Å². The van der Waals surface area contributed by atoms with Gasteiger partial charge in [0.05, 0.1) is 44.0 Å². The summed E-state index contributed by atoms with van der Waals surface area (Å²) in [5.41, 5.74) is 0.492. The van der Waals surface area contributed by atoms with Gasteiger partial charge in [-0.25, -0.2) is 19.2 Å². The van der Waals surface area contributed by atoms with Gasteiger partial charge in [-0.2, -0.15) is 8.42 Å². The van der Waals surface area contributed by atoms with E-state index in [1.807, 2.05) is 0 Å². The van der Waals surface area contributed by atoms with Crippen LogP contribution < -0.4 is 16.4 Å². The van der Waals surface area contributed by atoms with Crippen molar-refractivity contribution in [2.45, 2.75) is 234 Å². The van der Waals surface area contributed by atoms with Crippen LogP contribution in [0.5, 0.6) is 0 Å². The van der Waals surface area contributed by atoms with E-state index in [1.54, 1.807) is 125 Å². The van der Waals surface area contributed by atoms with Crippen LogP contribution in [0.3, 0.4) is 0 Å². The summed E-state index contributed by atoms with van der Waals surface area (Å²) in [5, 5.41) is 22.1. The minimum absolute atomic E-state index is 0.0803. The molecule has 0 aromatic carbocycles. The molecule has 0 spiro atoms. The molecule has 0 heterocycles. The van der Waals surface area contributed by atoms with Crippen LogP contribution in [0.1, 0.15) is 182 Å². The van der Waals surface area contributed by atoms with Crippen molar-refractivity contribution < 1.29 is 98.4 Å². The predicted octanol–water partition coefficient (Wildman–Crippen LogP) is 7.88. The molecule has 22 nitrogen and oxygen atoms in total. The zero-order valence-corrected chi connectivity index (χ0v) is 49.3. The van der Waals surface area contributed by atoms with Crippen molar-refractivity contribution in [3.8, 4) is 0 Å². The molecule has 446 valence electrons. The summed E-state index contributed by atoms with van der Waals surface area (Å²) in [6, 6.07) is -3.52. The smallest absolute Gasteiger partial charge is 0.408 e. The standard InChI is InChI=1S/C22H41NO9S.C21H38FNO6.C8H14FNO4/c1-20(2,3)30-17(24)15(12-11-13-29-33(10,27)28)14-16(18(25)31-21(4,5)6)23-19(26)32-22(7,8)9;1-19(2,3)27-16(24)14(11-10-12-22)13-15(17(25)28-20(4,5)6)23-18(26)29-21(7,8)9;9-3-1-2-5(7(11)12)4-6(10)8(13)14/h15-16H,11-14H2,1-10H3,(H,23,26);14-15H,10-13H2,1-9H3,(H,23,26);5-6H,1-4,10H2,(H,11,12)(H,13,14)/t15-,16-;14-,15-;5-,6-/m000/s1/i;22-1;9-1. The predicted molar refractivity (Wildman–Crippen MR) is 278 cm³/mol. The lowest BCUT2D eigenvalue weighted by Gasteiger charge is -2.29. The Hall–Kier alpha value is -4.91. The summed E-state index contributed by atoms with van der Waals surface area (Å²) in [6.07, 6.45) is -0.140. The molecule has 0 radical (unpaired) electrons. The van der Waals surface area contributed by atoms with E-state index in [1.165, 1.54) is 0 Å². The fourth-order valence-electron chi connectivity index (χ4n) is 6.01. The number of carbonyl (C=O) groups excluding carboxylic acids is 6. The first-order valence-electron chi connectivity index (χ1n) is 25.1. The minimum atomic E-state index is -3.63. The maximum absolute atomic E-state index is 12.8. The largest absolute Gasteiger partial charge is 0.481 e. The minimum Gasteiger partial charge on any atom is -0.481 e. The van der Waals surface area contributed by atoms with Crippen molar-refractivity contribution in [1.29, 1.82) is 0 Å². The summed E-state index contributed by atoms with van der Waals surface area (Å²) < 4.78 is 83.8. The number of carboxylic acids is 2. The molecule has 6 N–H and O–H groups in total. The maximum atomic E-state index is 12.8. The maximum Gasteiger partial charge on any atom is 0.408 e.